The molecule has 0 saturated heterocycles. The van der Waals surface area contributed by atoms with Crippen LogP contribution >= 0.6 is 10.7 Å². The van der Waals surface area contributed by atoms with E-state index in [-0.39, 0.29) is 0 Å². The van der Waals surface area contributed by atoms with Gasteiger partial charge in [-0.1, -0.05) is 0 Å². The van der Waals surface area contributed by atoms with Crippen LogP contribution in [0.3, 0.4) is 0 Å². The van der Waals surface area contributed by atoms with Gasteiger partial charge in [0.05, 0.1) is 10.5 Å². The molecule has 0 bridgehead atoms. The van der Waals surface area contributed by atoms with Gasteiger partial charge in [0, 0.05) is 10.7 Å². The van der Waals surface area contributed by atoms with Crippen molar-refractivity contribution in [3.63, 3.8) is 0 Å². The van der Waals surface area contributed by atoms with Gasteiger partial charge in [0.15, 0.2) is 0 Å². The molecule has 0 fully saturated rings. The quantitative estimate of drug-likeness (QED) is 0.792. The first-order chi connectivity index (χ1) is 6.32. The van der Waals surface area contributed by atoms with Crippen LogP contribution in [0.5, 0.6) is 0 Å². The Labute approximate surface area is 83.4 Å². The van der Waals surface area contributed by atoms with Crippen LogP contribution in [0.1, 0.15) is 10.4 Å². The maximum Gasteiger partial charge on any atom is 0.338 e. The number of carbonyl (C=O) groups is 1. The summed E-state index contributed by atoms with van der Waals surface area (Å²) in [5.74, 6) is -2.61. The fourth-order valence-corrected chi connectivity index (χ4v) is 1.58. The van der Waals surface area contributed by atoms with Crippen LogP contribution in [-0.4, -0.2) is 19.5 Å². The van der Waals surface area contributed by atoms with Crippen molar-refractivity contribution in [2.24, 2.45) is 0 Å². The first-order valence-electron chi connectivity index (χ1n) is 3.30. The van der Waals surface area contributed by atoms with Gasteiger partial charge in [0.2, 0.25) is 0 Å². The summed E-state index contributed by atoms with van der Waals surface area (Å²) in [5, 5.41) is 8.44. The number of benzene rings is 1. The van der Waals surface area contributed by atoms with E-state index in [0.717, 1.165) is 12.1 Å². The fraction of sp³-hybridized carbons (Fsp3) is 0. The maximum atomic E-state index is 12.9. The van der Waals surface area contributed by atoms with Crippen molar-refractivity contribution < 1.29 is 22.7 Å². The Morgan fingerprint density at radius 3 is 2.36 bits per heavy atom. The molecule has 76 valence electrons. The molecule has 1 aromatic rings. The molecular formula is C7H4ClFO4S. The molecule has 0 amide bonds. The minimum absolute atomic E-state index is 0.471. The number of carboxylic acids is 1. The SMILES string of the molecule is O=C(O)c1ccc(S(=O)(=O)Cl)cc1F. The molecule has 0 radical (unpaired) electrons. The molecule has 0 aromatic heterocycles. The Hall–Kier alpha value is -1.14. The average molecular weight is 239 g/mol. The van der Waals surface area contributed by atoms with Gasteiger partial charge >= 0.3 is 5.97 Å². The summed E-state index contributed by atoms with van der Waals surface area (Å²) in [6.45, 7) is 0. The summed E-state index contributed by atoms with van der Waals surface area (Å²) in [6, 6.07) is 2.33. The molecule has 0 atom stereocenters. The van der Waals surface area contributed by atoms with Crippen LogP contribution in [-0.2, 0) is 9.05 Å². The Morgan fingerprint density at radius 2 is 2.00 bits per heavy atom. The summed E-state index contributed by atoms with van der Waals surface area (Å²) < 4.78 is 34.4. The molecule has 1 aromatic carbocycles. The molecule has 0 spiro atoms. The van der Waals surface area contributed by atoms with E-state index in [1.54, 1.807) is 0 Å². The lowest BCUT2D eigenvalue weighted by Gasteiger charge is -1.99. The zero-order chi connectivity index (χ0) is 10.9. The summed E-state index contributed by atoms with van der Waals surface area (Å²) in [4.78, 5) is 9.89. The predicted molar refractivity (Wildman–Crippen MR) is 46.4 cm³/mol. The van der Waals surface area contributed by atoms with Crippen LogP contribution < -0.4 is 0 Å². The maximum absolute atomic E-state index is 12.9. The molecule has 0 saturated carbocycles. The Balaban J connectivity index is 3.34. The van der Waals surface area contributed by atoms with E-state index in [2.05, 4.69) is 0 Å². The highest BCUT2D eigenvalue weighted by Crippen LogP contribution is 2.18. The zero-order valence-corrected chi connectivity index (χ0v) is 8.14. The predicted octanol–water partition coefficient (Wildman–Crippen LogP) is 1.45. The Kier molecular flexibility index (Phi) is 2.77. The minimum Gasteiger partial charge on any atom is -0.478 e. The van der Waals surface area contributed by atoms with Crippen LogP contribution in [0.2, 0.25) is 0 Å². The van der Waals surface area contributed by atoms with Crippen molar-refractivity contribution in [2.45, 2.75) is 4.90 Å². The highest BCUT2D eigenvalue weighted by Gasteiger charge is 2.15. The third-order valence-electron chi connectivity index (χ3n) is 1.45. The molecular weight excluding hydrogens is 235 g/mol. The average Bonchev–Trinajstić information content (AvgIpc) is 2.01. The lowest BCUT2D eigenvalue weighted by atomic mass is 10.2. The highest BCUT2D eigenvalue weighted by molar-refractivity contribution is 8.13. The van der Waals surface area contributed by atoms with E-state index < -0.39 is 31.3 Å². The number of rotatable bonds is 2. The zero-order valence-electron chi connectivity index (χ0n) is 6.57. The van der Waals surface area contributed by atoms with E-state index in [1.807, 2.05) is 0 Å². The van der Waals surface area contributed by atoms with E-state index in [1.165, 1.54) is 0 Å². The molecule has 0 aliphatic rings. The van der Waals surface area contributed by atoms with E-state index in [0.29, 0.717) is 6.07 Å². The molecule has 7 heteroatoms. The second-order valence-electron chi connectivity index (χ2n) is 2.38. The van der Waals surface area contributed by atoms with Gasteiger partial charge < -0.3 is 5.11 Å². The van der Waals surface area contributed by atoms with Gasteiger partial charge in [-0.05, 0) is 18.2 Å². The van der Waals surface area contributed by atoms with Crippen LogP contribution in [0, 0.1) is 5.82 Å². The highest BCUT2D eigenvalue weighted by atomic mass is 35.7. The summed E-state index contributed by atoms with van der Waals surface area (Å²) >= 11 is 0. The van der Waals surface area contributed by atoms with Crippen molar-refractivity contribution in [2.75, 3.05) is 0 Å². The first-order valence-corrected chi connectivity index (χ1v) is 5.61. The smallest absolute Gasteiger partial charge is 0.338 e. The summed E-state index contributed by atoms with van der Waals surface area (Å²) in [5.41, 5.74) is -0.603. The third kappa shape index (κ3) is 2.21. The van der Waals surface area contributed by atoms with Crippen molar-refractivity contribution in [3.05, 3.63) is 29.6 Å². The standard InChI is InChI=1S/C7H4ClFO4S/c8-14(12,13)4-1-2-5(7(10)11)6(9)3-4/h1-3H,(H,10,11). The fourth-order valence-electron chi connectivity index (χ4n) is 0.821. The van der Waals surface area contributed by atoms with Crippen LogP contribution in [0.25, 0.3) is 0 Å². The lowest BCUT2D eigenvalue weighted by molar-refractivity contribution is 0.0691. The van der Waals surface area contributed by atoms with Gasteiger partial charge in [-0.3, -0.25) is 0 Å². The van der Waals surface area contributed by atoms with Crippen LogP contribution in [0.15, 0.2) is 23.1 Å². The first kappa shape index (κ1) is 10.9. The van der Waals surface area contributed by atoms with E-state index in [9.17, 15) is 17.6 Å². The minimum atomic E-state index is -4.03. The number of hydrogen-bond donors (Lipinski definition) is 1. The number of hydrogen-bond acceptors (Lipinski definition) is 3. The van der Waals surface area contributed by atoms with E-state index in [4.69, 9.17) is 15.8 Å². The Morgan fingerprint density at radius 1 is 1.43 bits per heavy atom. The molecule has 0 aliphatic carbocycles. The molecule has 0 heterocycles. The van der Waals surface area contributed by atoms with Gasteiger partial charge in [0.25, 0.3) is 9.05 Å². The Bertz CT molecular complexity index is 482. The number of halogens is 2. The number of aromatic carboxylic acids is 1. The van der Waals surface area contributed by atoms with Gasteiger partial charge in [-0.25, -0.2) is 17.6 Å². The molecule has 1 N–H and O–H groups in total. The molecule has 1 rings (SSSR count). The second-order valence-corrected chi connectivity index (χ2v) is 4.95. The molecule has 4 nitrogen and oxygen atoms in total. The van der Waals surface area contributed by atoms with Crippen molar-refractivity contribution in [1.29, 1.82) is 0 Å². The van der Waals surface area contributed by atoms with Gasteiger partial charge in [-0.15, -0.1) is 0 Å². The summed E-state index contributed by atoms with van der Waals surface area (Å²) in [6.07, 6.45) is 0. The normalized spacial score (nSPS) is 11.3. The van der Waals surface area contributed by atoms with Gasteiger partial charge in [0.1, 0.15) is 5.82 Å². The third-order valence-corrected chi connectivity index (χ3v) is 2.80. The van der Waals surface area contributed by atoms with Crippen molar-refractivity contribution in [3.8, 4) is 0 Å². The van der Waals surface area contributed by atoms with Gasteiger partial charge in [-0.2, -0.15) is 0 Å². The number of carboxylic acid groups (broad SMARTS) is 1. The van der Waals surface area contributed by atoms with Crippen LogP contribution in [0.4, 0.5) is 4.39 Å². The molecule has 0 aliphatic heterocycles. The lowest BCUT2D eigenvalue weighted by Crippen LogP contribution is -2.02. The van der Waals surface area contributed by atoms with Crippen molar-refractivity contribution in [1.82, 2.24) is 0 Å². The topological polar surface area (TPSA) is 71.4 Å². The largest absolute Gasteiger partial charge is 0.478 e. The molecule has 14 heavy (non-hydrogen) atoms. The van der Waals surface area contributed by atoms with E-state index >= 15 is 0 Å². The summed E-state index contributed by atoms with van der Waals surface area (Å²) in [7, 11) is 0.892. The monoisotopic (exact) mass is 238 g/mol. The molecule has 0 unspecified atom stereocenters. The van der Waals surface area contributed by atoms with Crippen molar-refractivity contribution >= 4 is 25.7 Å². The second kappa shape index (κ2) is 3.55.